The second-order valence-corrected chi connectivity index (χ2v) is 4.97. The Hall–Kier alpha value is -3.09. The Balaban J connectivity index is 2.58. The molecule has 7 heteroatoms. The molecule has 0 spiro atoms. The van der Waals surface area contributed by atoms with E-state index in [-0.39, 0.29) is 24.3 Å². The van der Waals surface area contributed by atoms with Crippen molar-refractivity contribution in [3.05, 3.63) is 51.8 Å². The van der Waals surface area contributed by atoms with Crippen LogP contribution in [0.5, 0.6) is 5.75 Å². The van der Waals surface area contributed by atoms with Crippen LogP contribution < -0.4 is 10.3 Å². The van der Waals surface area contributed by atoms with Crippen LogP contribution in [-0.2, 0) is 9.47 Å². The van der Waals surface area contributed by atoms with E-state index >= 15 is 0 Å². The second kappa shape index (κ2) is 8.14. The smallest absolute Gasteiger partial charge is 0.344 e. The van der Waals surface area contributed by atoms with E-state index in [1.54, 1.807) is 45.2 Å². The van der Waals surface area contributed by atoms with E-state index in [1.807, 2.05) is 0 Å². The Morgan fingerprint density at radius 2 is 1.60 bits per heavy atom. The van der Waals surface area contributed by atoms with E-state index in [9.17, 15) is 14.4 Å². The standard InChI is InChI=1S/C18H19NO6/c1-4-24-17(21)13-10-14(11-6-8-12(23-3)9-7-11)19-16(20)15(13)18(22)25-5-2/h6-10H,4-5H2,1-3H3,(H,19,20). The van der Waals surface area contributed by atoms with Crippen molar-refractivity contribution in [1.29, 1.82) is 0 Å². The van der Waals surface area contributed by atoms with E-state index in [2.05, 4.69) is 4.98 Å². The Kier molecular flexibility index (Phi) is 5.94. The van der Waals surface area contributed by atoms with Gasteiger partial charge in [-0.2, -0.15) is 0 Å². The van der Waals surface area contributed by atoms with Crippen molar-refractivity contribution < 1.29 is 23.8 Å². The average molecular weight is 345 g/mol. The molecule has 1 heterocycles. The molecule has 1 N–H and O–H groups in total. The molecule has 2 aromatic rings. The fourth-order valence-electron chi connectivity index (χ4n) is 2.26. The Morgan fingerprint density at radius 3 is 2.16 bits per heavy atom. The maximum absolute atomic E-state index is 12.4. The van der Waals surface area contributed by atoms with Crippen molar-refractivity contribution in [2.45, 2.75) is 13.8 Å². The predicted molar refractivity (Wildman–Crippen MR) is 91.0 cm³/mol. The lowest BCUT2D eigenvalue weighted by molar-refractivity contribution is 0.0477. The maximum atomic E-state index is 12.4. The fourth-order valence-corrected chi connectivity index (χ4v) is 2.26. The minimum Gasteiger partial charge on any atom is -0.497 e. The van der Waals surface area contributed by atoms with Gasteiger partial charge in [-0.3, -0.25) is 4.79 Å². The summed E-state index contributed by atoms with van der Waals surface area (Å²) in [7, 11) is 1.55. The van der Waals surface area contributed by atoms with E-state index in [1.165, 1.54) is 6.07 Å². The van der Waals surface area contributed by atoms with E-state index in [0.717, 1.165) is 0 Å². The summed E-state index contributed by atoms with van der Waals surface area (Å²) in [6, 6.07) is 8.30. The van der Waals surface area contributed by atoms with Crippen molar-refractivity contribution in [3.63, 3.8) is 0 Å². The summed E-state index contributed by atoms with van der Waals surface area (Å²) in [4.78, 5) is 39.3. The lowest BCUT2D eigenvalue weighted by Gasteiger charge is -2.10. The van der Waals surface area contributed by atoms with Gasteiger partial charge in [0.2, 0.25) is 0 Å². The number of aromatic nitrogens is 1. The number of carbonyl (C=O) groups is 2. The molecule has 0 unspecified atom stereocenters. The van der Waals surface area contributed by atoms with E-state index < -0.39 is 17.5 Å². The number of rotatable bonds is 6. The number of carbonyl (C=O) groups excluding carboxylic acids is 2. The van der Waals surface area contributed by atoms with Gasteiger partial charge >= 0.3 is 11.9 Å². The molecule has 0 aliphatic carbocycles. The number of methoxy groups -OCH3 is 1. The monoisotopic (exact) mass is 345 g/mol. The van der Waals surface area contributed by atoms with Crippen LogP contribution in [0.25, 0.3) is 11.3 Å². The Morgan fingerprint density at radius 1 is 1.00 bits per heavy atom. The molecule has 0 amide bonds. The molecule has 0 aliphatic rings. The van der Waals surface area contributed by atoms with Crippen LogP contribution in [0, 0.1) is 0 Å². The molecule has 0 aliphatic heterocycles. The molecule has 2 rings (SSSR count). The zero-order chi connectivity index (χ0) is 18.4. The van der Waals surface area contributed by atoms with Gasteiger partial charge < -0.3 is 19.2 Å². The molecule has 132 valence electrons. The summed E-state index contributed by atoms with van der Waals surface area (Å²) in [5.74, 6) is -0.973. The van der Waals surface area contributed by atoms with Crippen molar-refractivity contribution in [1.82, 2.24) is 4.98 Å². The zero-order valence-electron chi connectivity index (χ0n) is 14.3. The third kappa shape index (κ3) is 4.06. The molecule has 0 radical (unpaired) electrons. The number of H-pyrrole nitrogens is 1. The average Bonchev–Trinajstić information content (AvgIpc) is 2.61. The van der Waals surface area contributed by atoms with Crippen molar-refractivity contribution in [2.24, 2.45) is 0 Å². The van der Waals surface area contributed by atoms with E-state index in [0.29, 0.717) is 17.0 Å². The quantitative estimate of drug-likeness (QED) is 0.808. The summed E-state index contributed by atoms with van der Waals surface area (Å²) in [6.07, 6.45) is 0. The van der Waals surface area contributed by atoms with E-state index in [4.69, 9.17) is 14.2 Å². The fraction of sp³-hybridized carbons (Fsp3) is 0.278. The van der Waals surface area contributed by atoms with Crippen LogP contribution in [0.15, 0.2) is 35.1 Å². The van der Waals surface area contributed by atoms with Gasteiger partial charge in [-0.05, 0) is 49.7 Å². The summed E-state index contributed by atoms with van der Waals surface area (Å²) in [6.45, 7) is 3.45. The highest BCUT2D eigenvalue weighted by molar-refractivity contribution is 6.03. The minimum atomic E-state index is -0.868. The first-order valence-corrected chi connectivity index (χ1v) is 7.77. The van der Waals surface area contributed by atoms with Crippen molar-refractivity contribution in [2.75, 3.05) is 20.3 Å². The van der Waals surface area contributed by atoms with Gasteiger partial charge in [0.05, 0.1) is 25.9 Å². The molecular formula is C18H19NO6. The number of aromatic amines is 1. The SMILES string of the molecule is CCOC(=O)c1cc(-c2ccc(OC)cc2)[nH]c(=O)c1C(=O)OCC. The molecule has 0 fully saturated rings. The summed E-state index contributed by atoms with van der Waals surface area (Å²) < 4.78 is 14.9. The first kappa shape index (κ1) is 18.3. The maximum Gasteiger partial charge on any atom is 0.344 e. The highest BCUT2D eigenvalue weighted by Gasteiger charge is 2.24. The molecule has 0 bridgehead atoms. The minimum absolute atomic E-state index is 0.0841. The number of ether oxygens (including phenoxy) is 3. The van der Waals surface area contributed by atoms with Gasteiger partial charge in [0, 0.05) is 5.69 Å². The Labute approximate surface area is 144 Å². The van der Waals surface area contributed by atoms with Gasteiger partial charge in [-0.25, -0.2) is 9.59 Å². The molecule has 25 heavy (non-hydrogen) atoms. The first-order chi connectivity index (χ1) is 12.0. The number of nitrogens with one attached hydrogen (secondary N) is 1. The molecule has 1 aromatic carbocycles. The van der Waals surface area contributed by atoms with Crippen molar-refractivity contribution >= 4 is 11.9 Å². The normalized spacial score (nSPS) is 10.2. The molecule has 7 nitrogen and oxygen atoms in total. The molecule has 0 atom stereocenters. The largest absolute Gasteiger partial charge is 0.497 e. The lowest BCUT2D eigenvalue weighted by atomic mass is 10.0. The van der Waals surface area contributed by atoms with Gasteiger partial charge in [0.1, 0.15) is 11.3 Å². The van der Waals surface area contributed by atoms with Crippen LogP contribution in [0.2, 0.25) is 0 Å². The predicted octanol–water partition coefficient (Wildman–Crippen LogP) is 2.40. The number of pyridine rings is 1. The highest BCUT2D eigenvalue weighted by atomic mass is 16.5. The van der Waals surface area contributed by atoms with Crippen LogP contribution in [-0.4, -0.2) is 37.2 Å². The van der Waals surface area contributed by atoms with Gasteiger partial charge in [-0.15, -0.1) is 0 Å². The highest BCUT2D eigenvalue weighted by Crippen LogP contribution is 2.22. The van der Waals surface area contributed by atoms with Crippen LogP contribution in [0.4, 0.5) is 0 Å². The topological polar surface area (TPSA) is 94.7 Å². The molecule has 0 saturated heterocycles. The third-order valence-corrected chi connectivity index (χ3v) is 3.41. The van der Waals surface area contributed by atoms with Crippen LogP contribution in [0.3, 0.4) is 0 Å². The lowest BCUT2D eigenvalue weighted by Crippen LogP contribution is -2.25. The first-order valence-electron chi connectivity index (χ1n) is 7.77. The van der Waals surface area contributed by atoms with Crippen LogP contribution in [0.1, 0.15) is 34.6 Å². The summed E-state index contributed by atoms with van der Waals surface area (Å²) in [5, 5.41) is 0. The van der Waals surface area contributed by atoms with Crippen LogP contribution >= 0.6 is 0 Å². The van der Waals surface area contributed by atoms with Gasteiger partial charge in [0.15, 0.2) is 0 Å². The molecule has 0 saturated carbocycles. The molecular weight excluding hydrogens is 326 g/mol. The summed E-state index contributed by atoms with van der Waals surface area (Å²) in [5.41, 5.74) is -0.176. The third-order valence-electron chi connectivity index (χ3n) is 3.41. The van der Waals surface area contributed by atoms with Crippen molar-refractivity contribution in [3.8, 4) is 17.0 Å². The van der Waals surface area contributed by atoms with Gasteiger partial charge in [-0.1, -0.05) is 0 Å². The number of hydrogen-bond acceptors (Lipinski definition) is 6. The number of benzene rings is 1. The second-order valence-electron chi connectivity index (χ2n) is 4.97. The number of hydrogen-bond donors (Lipinski definition) is 1. The Bertz CT molecular complexity index is 822. The zero-order valence-corrected chi connectivity index (χ0v) is 14.3. The molecule has 1 aromatic heterocycles. The van der Waals surface area contributed by atoms with Gasteiger partial charge in [0.25, 0.3) is 5.56 Å². The number of esters is 2. The summed E-state index contributed by atoms with van der Waals surface area (Å²) >= 11 is 0.